The SMILES string of the molecule is CCCC(=O)N1CCCC1COc1cccc2c1C(N)=NS(=O)(=O)N2. The maximum atomic E-state index is 12.2. The predicted octanol–water partition coefficient (Wildman–Crippen LogP) is 1.23. The van der Waals surface area contributed by atoms with Crippen molar-refractivity contribution in [3.05, 3.63) is 23.8 Å². The molecule has 2 heterocycles. The zero-order valence-electron chi connectivity index (χ0n) is 14.1. The highest BCUT2D eigenvalue weighted by atomic mass is 32.2. The zero-order chi connectivity index (χ0) is 18.0. The van der Waals surface area contributed by atoms with Gasteiger partial charge in [-0.3, -0.25) is 9.52 Å². The van der Waals surface area contributed by atoms with Crippen molar-refractivity contribution in [1.82, 2.24) is 4.90 Å². The van der Waals surface area contributed by atoms with E-state index in [1.165, 1.54) is 0 Å². The number of benzene rings is 1. The Labute approximate surface area is 147 Å². The molecule has 3 N–H and O–H groups in total. The topological polar surface area (TPSA) is 114 Å². The molecule has 1 amide bonds. The minimum absolute atomic E-state index is 0.0216. The van der Waals surface area contributed by atoms with Crippen molar-refractivity contribution in [1.29, 1.82) is 0 Å². The number of hydrogen-bond donors (Lipinski definition) is 2. The number of anilines is 1. The van der Waals surface area contributed by atoms with E-state index in [1.54, 1.807) is 18.2 Å². The lowest BCUT2D eigenvalue weighted by atomic mass is 10.1. The van der Waals surface area contributed by atoms with E-state index < -0.39 is 10.2 Å². The molecule has 2 aliphatic heterocycles. The van der Waals surface area contributed by atoms with Crippen molar-refractivity contribution >= 4 is 27.6 Å². The van der Waals surface area contributed by atoms with Crippen LogP contribution in [0.25, 0.3) is 0 Å². The first-order valence-corrected chi connectivity index (χ1v) is 9.79. The van der Waals surface area contributed by atoms with Crippen LogP contribution >= 0.6 is 0 Å². The number of carbonyl (C=O) groups is 1. The first-order chi connectivity index (χ1) is 11.9. The quantitative estimate of drug-likeness (QED) is 0.813. The second-order valence-corrected chi connectivity index (χ2v) is 7.51. The van der Waals surface area contributed by atoms with Crippen LogP contribution in [0.1, 0.15) is 38.2 Å². The predicted molar refractivity (Wildman–Crippen MR) is 94.8 cm³/mol. The second kappa shape index (κ2) is 6.91. The van der Waals surface area contributed by atoms with Gasteiger partial charge in [0.1, 0.15) is 12.4 Å². The molecule has 0 bridgehead atoms. The van der Waals surface area contributed by atoms with Gasteiger partial charge in [-0.1, -0.05) is 13.0 Å². The van der Waals surface area contributed by atoms with Gasteiger partial charge in [-0.2, -0.15) is 8.42 Å². The summed E-state index contributed by atoms with van der Waals surface area (Å²) in [6.07, 6.45) is 3.21. The summed E-state index contributed by atoms with van der Waals surface area (Å²) in [4.78, 5) is 14.1. The van der Waals surface area contributed by atoms with Crippen molar-refractivity contribution < 1.29 is 17.9 Å². The number of rotatable bonds is 5. The molecular weight excluding hydrogens is 344 g/mol. The van der Waals surface area contributed by atoms with Crippen molar-refractivity contribution in [2.24, 2.45) is 10.1 Å². The fourth-order valence-corrected chi connectivity index (χ4v) is 4.06. The Kier molecular flexibility index (Phi) is 4.85. The molecule has 9 heteroatoms. The Hall–Kier alpha value is -2.29. The van der Waals surface area contributed by atoms with E-state index in [4.69, 9.17) is 10.5 Å². The third kappa shape index (κ3) is 3.71. The van der Waals surface area contributed by atoms with Crippen LogP contribution < -0.4 is 15.2 Å². The van der Waals surface area contributed by atoms with Crippen molar-refractivity contribution in [2.75, 3.05) is 17.9 Å². The van der Waals surface area contributed by atoms with Crippen LogP contribution in [0.2, 0.25) is 0 Å². The number of ether oxygens (including phenoxy) is 1. The van der Waals surface area contributed by atoms with Gasteiger partial charge in [-0.05, 0) is 31.4 Å². The highest BCUT2D eigenvalue weighted by Crippen LogP contribution is 2.31. The summed E-state index contributed by atoms with van der Waals surface area (Å²) >= 11 is 0. The molecule has 8 nitrogen and oxygen atoms in total. The van der Waals surface area contributed by atoms with E-state index >= 15 is 0 Å². The van der Waals surface area contributed by atoms with Gasteiger partial charge >= 0.3 is 10.2 Å². The van der Waals surface area contributed by atoms with Gasteiger partial charge in [0.25, 0.3) is 0 Å². The first-order valence-electron chi connectivity index (χ1n) is 8.35. The highest BCUT2D eigenvalue weighted by molar-refractivity contribution is 7.91. The van der Waals surface area contributed by atoms with Crippen LogP contribution in [-0.2, 0) is 15.0 Å². The third-order valence-electron chi connectivity index (χ3n) is 4.33. The standard InChI is InChI=1S/C16H22N4O4S/c1-2-5-14(21)20-9-4-6-11(20)10-24-13-8-3-7-12-15(13)16(17)19-25(22,23)18-12/h3,7-8,11,18H,2,4-6,9-10H2,1H3,(H2,17,19). The lowest BCUT2D eigenvalue weighted by molar-refractivity contribution is -0.132. The minimum atomic E-state index is -3.81. The lowest BCUT2D eigenvalue weighted by Gasteiger charge is -2.26. The van der Waals surface area contributed by atoms with Crippen molar-refractivity contribution in [3.8, 4) is 5.75 Å². The average Bonchev–Trinajstić information content (AvgIpc) is 3.00. The van der Waals surface area contributed by atoms with Gasteiger partial charge in [0.15, 0.2) is 5.84 Å². The van der Waals surface area contributed by atoms with Gasteiger partial charge < -0.3 is 15.4 Å². The number of nitrogens with one attached hydrogen (secondary N) is 1. The van der Waals surface area contributed by atoms with Crippen LogP contribution in [-0.4, -0.2) is 44.3 Å². The van der Waals surface area contributed by atoms with E-state index in [1.807, 2.05) is 11.8 Å². The largest absolute Gasteiger partial charge is 0.491 e. The summed E-state index contributed by atoms with van der Waals surface area (Å²) in [5.41, 5.74) is 6.58. The number of likely N-dealkylation sites (tertiary alicyclic amines) is 1. The summed E-state index contributed by atoms with van der Waals surface area (Å²) < 4.78 is 34.9. The number of fused-ring (bicyclic) bond motifs is 1. The molecule has 1 unspecified atom stereocenters. The summed E-state index contributed by atoms with van der Waals surface area (Å²) in [6.45, 7) is 3.08. The number of amidine groups is 1. The Morgan fingerprint density at radius 3 is 3.04 bits per heavy atom. The van der Waals surface area contributed by atoms with Crippen LogP contribution in [0.5, 0.6) is 5.75 Å². The average molecular weight is 366 g/mol. The molecule has 1 atom stereocenters. The molecular formula is C16H22N4O4S. The molecule has 2 aliphatic rings. The van der Waals surface area contributed by atoms with E-state index in [-0.39, 0.29) is 17.8 Å². The Morgan fingerprint density at radius 2 is 2.28 bits per heavy atom. The molecule has 1 saturated heterocycles. The molecule has 0 aromatic heterocycles. The fraction of sp³-hybridized carbons (Fsp3) is 0.500. The Morgan fingerprint density at radius 1 is 1.48 bits per heavy atom. The first kappa shape index (κ1) is 17.5. The maximum absolute atomic E-state index is 12.2. The molecule has 0 spiro atoms. The van der Waals surface area contributed by atoms with E-state index in [9.17, 15) is 13.2 Å². The van der Waals surface area contributed by atoms with Gasteiger partial charge in [-0.15, -0.1) is 4.40 Å². The van der Waals surface area contributed by atoms with Crippen LogP contribution in [0.15, 0.2) is 22.6 Å². The van der Waals surface area contributed by atoms with Gasteiger partial charge in [0.2, 0.25) is 5.91 Å². The lowest BCUT2D eigenvalue weighted by Crippen LogP contribution is -2.39. The third-order valence-corrected chi connectivity index (χ3v) is 5.25. The Balaban J connectivity index is 1.76. The summed E-state index contributed by atoms with van der Waals surface area (Å²) in [6, 6.07) is 5.03. The number of amides is 1. The minimum Gasteiger partial charge on any atom is -0.491 e. The van der Waals surface area contributed by atoms with Crippen LogP contribution in [0, 0.1) is 0 Å². The zero-order valence-corrected chi connectivity index (χ0v) is 14.9. The van der Waals surface area contributed by atoms with Crippen LogP contribution in [0.3, 0.4) is 0 Å². The monoisotopic (exact) mass is 366 g/mol. The second-order valence-electron chi connectivity index (χ2n) is 6.18. The van der Waals surface area contributed by atoms with Crippen molar-refractivity contribution in [2.45, 2.75) is 38.6 Å². The molecule has 1 aromatic carbocycles. The van der Waals surface area contributed by atoms with Crippen molar-refractivity contribution in [3.63, 3.8) is 0 Å². The Bertz CT molecular complexity index is 806. The van der Waals surface area contributed by atoms with Crippen LogP contribution in [0.4, 0.5) is 5.69 Å². The smallest absolute Gasteiger partial charge is 0.344 e. The summed E-state index contributed by atoms with van der Waals surface area (Å²) in [5, 5.41) is 0. The molecule has 136 valence electrons. The molecule has 3 rings (SSSR count). The van der Waals surface area contributed by atoms with E-state index in [2.05, 4.69) is 9.12 Å². The highest BCUT2D eigenvalue weighted by Gasteiger charge is 2.30. The molecule has 0 saturated carbocycles. The molecule has 0 radical (unpaired) electrons. The van der Waals surface area contributed by atoms with Gasteiger partial charge in [-0.25, -0.2) is 0 Å². The molecule has 25 heavy (non-hydrogen) atoms. The van der Waals surface area contributed by atoms with Gasteiger partial charge in [0, 0.05) is 13.0 Å². The number of carbonyl (C=O) groups excluding carboxylic acids is 1. The summed E-state index contributed by atoms with van der Waals surface area (Å²) in [5.74, 6) is 0.503. The normalized spacial score (nSPS) is 21.2. The molecule has 0 aliphatic carbocycles. The molecule has 1 aromatic rings. The number of nitrogens with two attached hydrogens (primary N) is 1. The summed E-state index contributed by atoms with van der Waals surface area (Å²) in [7, 11) is -3.81. The van der Waals surface area contributed by atoms with Gasteiger partial charge in [0.05, 0.1) is 17.3 Å². The number of hydrogen-bond acceptors (Lipinski definition) is 5. The maximum Gasteiger partial charge on any atom is 0.344 e. The van der Waals surface area contributed by atoms with E-state index in [0.29, 0.717) is 30.0 Å². The van der Waals surface area contributed by atoms with E-state index in [0.717, 1.165) is 25.8 Å². The fourth-order valence-electron chi connectivity index (χ4n) is 3.22. The molecule has 1 fully saturated rings. The number of nitrogens with zero attached hydrogens (tertiary/aromatic N) is 2.